The highest BCUT2D eigenvalue weighted by molar-refractivity contribution is 6.32. The molecule has 1 aromatic rings. The third-order valence-corrected chi connectivity index (χ3v) is 6.35. The van der Waals surface area contributed by atoms with Gasteiger partial charge < -0.3 is 29.3 Å². The first-order valence-electron chi connectivity index (χ1n) is 11.3. The zero-order chi connectivity index (χ0) is 24.2. The molecule has 2 aliphatic rings. The minimum Gasteiger partial charge on any atom is -0.476 e. The Kier molecular flexibility index (Phi) is 7.94. The lowest BCUT2D eigenvalue weighted by atomic mass is 9.97. The molecule has 0 saturated carbocycles. The molecule has 0 bridgehead atoms. The summed E-state index contributed by atoms with van der Waals surface area (Å²) in [4.78, 5) is 41.4. The third-order valence-electron chi connectivity index (χ3n) is 6.04. The van der Waals surface area contributed by atoms with E-state index in [1.165, 1.54) is 4.90 Å². The molecule has 33 heavy (non-hydrogen) atoms. The number of piperidine rings is 1. The largest absolute Gasteiger partial charge is 0.476 e. The molecule has 9 nitrogen and oxygen atoms in total. The summed E-state index contributed by atoms with van der Waals surface area (Å²) in [5, 5.41) is 9.49. The van der Waals surface area contributed by atoms with Crippen molar-refractivity contribution in [3.63, 3.8) is 0 Å². The molecule has 2 heterocycles. The van der Waals surface area contributed by atoms with Crippen LogP contribution in [-0.2, 0) is 14.3 Å². The fourth-order valence-corrected chi connectivity index (χ4v) is 4.39. The van der Waals surface area contributed by atoms with Crippen LogP contribution in [0.5, 0.6) is 5.75 Å². The van der Waals surface area contributed by atoms with Gasteiger partial charge in [0, 0.05) is 51.0 Å². The van der Waals surface area contributed by atoms with Crippen LogP contribution in [0.25, 0.3) is 0 Å². The number of carbonyl (C=O) groups is 3. The maximum atomic E-state index is 13.1. The van der Waals surface area contributed by atoms with Crippen molar-refractivity contribution in [3.05, 3.63) is 23.2 Å². The Bertz CT molecular complexity index is 885. The molecule has 1 N–H and O–H groups in total. The smallest absolute Gasteiger partial charge is 0.407 e. The van der Waals surface area contributed by atoms with Gasteiger partial charge in [-0.25, -0.2) is 4.79 Å². The van der Waals surface area contributed by atoms with Gasteiger partial charge >= 0.3 is 12.1 Å². The van der Waals surface area contributed by atoms with E-state index in [4.69, 9.17) is 26.2 Å². The van der Waals surface area contributed by atoms with Gasteiger partial charge in [-0.2, -0.15) is 0 Å². The van der Waals surface area contributed by atoms with E-state index in [-0.39, 0.29) is 30.9 Å². The van der Waals surface area contributed by atoms with Crippen molar-refractivity contribution in [1.29, 1.82) is 0 Å². The number of rotatable bonds is 6. The summed E-state index contributed by atoms with van der Waals surface area (Å²) in [6.45, 7) is 8.04. The van der Waals surface area contributed by atoms with Gasteiger partial charge in [-0.15, -0.1) is 0 Å². The van der Waals surface area contributed by atoms with Crippen molar-refractivity contribution in [2.24, 2.45) is 5.92 Å². The molecule has 1 aromatic carbocycles. The van der Waals surface area contributed by atoms with E-state index in [9.17, 15) is 14.4 Å². The van der Waals surface area contributed by atoms with E-state index in [1.807, 2.05) is 6.07 Å². The van der Waals surface area contributed by atoms with Gasteiger partial charge in [-0.3, -0.25) is 9.59 Å². The second-order valence-corrected chi connectivity index (χ2v) is 9.23. The van der Waals surface area contributed by atoms with Crippen LogP contribution >= 0.6 is 11.6 Å². The van der Waals surface area contributed by atoms with Gasteiger partial charge in [0.1, 0.15) is 5.75 Å². The first-order chi connectivity index (χ1) is 15.6. The Hall–Kier alpha value is -2.68. The first-order valence-corrected chi connectivity index (χ1v) is 11.7. The number of hydrogen-bond donors (Lipinski definition) is 1. The maximum Gasteiger partial charge on any atom is 0.407 e. The standard InChI is InChI=1S/C23H32ClN3O6/c1-4-32-20(28)16-6-5-9-27(15-16)17-7-8-18(24)19(14-17)33-23(2,3)21(29)25-10-12-26(13-11-25)22(30)31/h7-8,14,16H,4-6,9-13,15H2,1-3H3,(H,30,31)/t16-/m1/s1. The zero-order valence-corrected chi connectivity index (χ0v) is 20.1. The molecule has 2 aliphatic heterocycles. The van der Waals surface area contributed by atoms with Crippen molar-refractivity contribution in [1.82, 2.24) is 9.80 Å². The van der Waals surface area contributed by atoms with Gasteiger partial charge in [0.15, 0.2) is 5.60 Å². The van der Waals surface area contributed by atoms with Gasteiger partial charge in [0.2, 0.25) is 0 Å². The van der Waals surface area contributed by atoms with Crippen LogP contribution in [0, 0.1) is 5.92 Å². The van der Waals surface area contributed by atoms with Crippen LogP contribution in [0.15, 0.2) is 18.2 Å². The highest BCUT2D eigenvalue weighted by Gasteiger charge is 2.37. The molecular formula is C23H32ClN3O6. The number of esters is 1. The number of carbonyl (C=O) groups excluding carboxylic acids is 2. The zero-order valence-electron chi connectivity index (χ0n) is 19.4. The van der Waals surface area contributed by atoms with E-state index in [0.29, 0.717) is 37.0 Å². The second-order valence-electron chi connectivity index (χ2n) is 8.83. The summed E-state index contributed by atoms with van der Waals surface area (Å²) >= 11 is 6.39. The van der Waals surface area contributed by atoms with Gasteiger partial charge in [0.05, 0.1) is 17.5 Å². The maximum absolute atomic E-state index is 13.1. The summed E-state index contributed by atoms with van der Waals surface area (Å²) in [6, 6.07) is 5.41. The summed E-state index contributed by atoms with van der Waals surface area (Å²) < 4.78 is 11.3. The predicted molar refractivity (Wildman–Crippen MR) is 124 cm³/mol. The van der Waals surface area contributed by atoms with Crippen molar-refractivity contribution in [2.75, 3.05) is 50.8 Å². The van der Waals surface area contributed by atoms with Gasteiger partial charge in [0.25, 0.3) is 5.91 Å². The fourth-order valence-electron chi connectivity index (χ4n) is 4.23. The Morgan fingerprint density at radius 3 is 2.42 bits per heavy atom. The highest BCUT2D eigenvalue weighted by Crippen LogP contribution is 2.34. The van der Waals surface area contributed by atoms with Crippen LogP contribution < -0.4 is 9.64 Å². The minimum atomic E-state index is -1.19. The highest BCUT2D eigenvalue weighted by atomic mass is 35.5. The number of carboxylic acid groups (broad SMARTS) is 1. The molecule has 10 heteroatoms. The van der Waals surface area contributed by atoms with E-state index >= 15 is 0 Å². The van der Waals surface area contributed by atoms with E-state index in [0.717, 1.165) is 25.1 Å². The van der Waals surface area contributed by atoms with Crippen LogP contribution in [0.1, 0.15) is 33.6 Å². The first kappa shape index (κ1) is 25.0. The quantitative estimate of drug-likeness (QED) is 0.623. The summed E-state index contributed by atoms with van der Waals surface area (Å²) in [6.07, 6.45) is 0.682. The lowest BCUT2D eigenvalue weighted by molar-refractivity contribution is -0.148. The molecule has 3 rings (SSSR count). The molecule has 0 unspecified atom stereocenters. The third kappa shape index (κ3) is 6.01. The Morgan fingerprint density at radius 2 is 1.79 bits per heavy atom. The Morgan fingerprint density at radius 1 is 1.12 bits per heavy atom. The van der Waals surface area contributed by atoms with Crippen LogP contribution in [0.2, 0.25) is 5.02 Å². The molecule has 0 aliphatic carbocycles. The van der Waals surface area contributed by atoms with E-state index in [1.54, 1.807) is 37.8 Å². The molecular weight excluding hydrogens is 450 g/mol. The topological polar surface area (TPSA) is 99.6 Å². The lowest BCUT2D eigenvalue weighted by Gasteiger charge is -2.38. The number of piperazine rings is 1. The Balaban J connectivity index is 1.69. The average Bonchev–Trinajstić information content (AvgIpc) is 2.80. The average molecular weight is 482 g/mol. The van der Waals surface area contributed by atoms with E-state index < -0.39 is 11.7 Å². The molecule has 0 spiro atoms. The summed E-state index contributed by atoms with van der Waals surface area (Å²) in [5.41, 5.74) is -0.329. The number of nitrogens with zero attached hydrogens (tertiary/aromatic N) is 3. The number of benzene rings is 1. The van der Waals surface area contributed by atoms with Crippen LogP contribution in [-0.4, -0.2) is 84.4 Å². The molecule has 1 atom stereocenters. The number of hydrogen-bond acceptors (Lipinski definition) is 6. The minimum absolute atomic E-state index is 0.178. The van der Waals surface area contributed by atoms with E-state index in [2.05, 4.69) is 4.90 Å². The molecule has 2 saturated heterocycles. The van der Waals surface area contributed by atoms with Crippen LogP contribution in [0.4, 0.5) is 10.5 Å². The lowest BCUT2D eigenvalue weighted by Crippen LogP contribution is -2.56. The number of amides is 2. The van der Waals surface area contributed by atoms with Gasteiger partial charge in [-0.05, 0) is 45.7 Å². The van der Waals surface area contributed by atoms with Crippen molar-refractivity contribution >= 4 is 35.3 Å². The van der Waals surface area contributed by atoms with Crippen molar-refractivity contribution in [2.45, 2.75) is 39.2 Å². The molecule has 2 amide bonds. The van der Waals surface area contributed by atoms with Crippen molar-refractivity contribution < 1.29 is 29.0 Å². The van der Waals surface area contributed by atoms with Gasteiger partial charge in [-0.1, -0.05) is 11.6 Å². The summed E-state index contributed by atoms with van der Waals surface area (Å²) in [5.74, 6) is -0.201. The number of halogens is 1. The fraction of sp³-hybridized carbons (Fsp3) is 0.609. The number of ether oxygens (including phenoxy) is 2. The monoisotopic (exact) mass is 481 g/mol. The normalized spacial score (nSPS) is 19.3. The second kappa shape index (κ2) is 10.5. The van der Waals surface area contributed by atoms with Crippen molar-refractivity contribution in [3.8, 4) is 5.75 Å². The Labute approximate surface area is 199 Å². The molecule has 2 fully saturated rings. The summed E-state index contributed by atoms with van der Waals surface area (Å²) in [7, 11) is 0. The van der Waals surface area contributed by atoms with Crippen LogP contribution in [0.3, 0.4) is 0 Å². The predicted octanol–water partition coefficient (Wildman–Crippen LogP) is 3.10. The SMILES string of the molecule is CCOC(=O)[C@@H]1CCCN(c2ccc(Cl)c(OC(C)(C)C(=O)N3CCN(C(=O)O)CC3)c2)C1. The molecule has 0 aromatic heterocycles. The molecule has 182 valence electrons. The number of anilines is 1. The molecule has 0 radical (unpaired) electrons.